The van der Waals surface area contributed by atoms with Crippen LogP contribution in [0.25, 0.3) is 0 Å². The Morgan fingerprint density at radius 1 is 1.42 bits per heavy atom. The predicted octanol–water partition coefficient (Wildman–Crippen LogP) is 2.60. The van der Waals surface area contributed by atoms with E-state index in [4.69, 9.17) is 4.74 Å². The van der Waals surface area contributed by atoms with Crippen LogP contribution in [0.15, 0.2) is 12.2 Å². The quantitative estimate of drug-likeness (QED) is 0.726. The molecule has 2 amide bonds. The van der Waals surface area contributed by atoms with Gasteiger partial charge in [0.25, 0.3) is 0 Å². The van der Waals surface area contributed by atoms with Gasteiger partial charge in [0.05, 0.1) is 0 Å². The number of carbonyl (C=O) groups excluding carboxylic acids is 1. The van der Waals surface area contributed by atoms with Crippen molar-refractivity contribution in [3.63, 3.8) is 0 Å². The Balaban J connectivity index is 1.68. The zero-order valence-corrected chi connectivity index (χ0v) is 11.9. The molecule has 0 heterocycles. The Morgan fingerprint density at radius 3 is 2.84 bits per heavy atom. The third-order valence-corrected chi connectivity index (χ3v) is 4.48. The smallest absolute Gasteiger partial charge is 0.315 e. The zero-order chi connectivity index (χ0) is 13.6. The number of allylic oxidation sites excluding steroid dienone is 1. The van der Waals surface area contributed by atoms with Crippen molar-refractivity contribution in [3.05, 3.63) is 12.2 Å². The number of hydrogen-bond donors (Lipinski definition) is 2. The third-order valence-electron chi connectivity index (χ3n) is 4.48. The minimum absolute atomic E-state index is 0.0102. The van der Waals surface area contributed by atoms with Crippen LogP contribution in [0.4, 0.5) is 4.79 Å². The molecule has 1 saturated carbocycles. The van der Waals surface area contributed by atoms with Gasteiger partial charge in [-0.25, -0.2) is 4.79 Å². The average molecular weight is 266 g/mol. The molecule has 0 unspecified atom stereocenters. The van der Waals surface area contributed by atoms with Gasteiger partial charge >= 0.3 is 6.03 Å². The van der Waals surface area contributed by atoms with Crippen molar-refractivity contribution in [2.75, 3.05) is 20.3 Å². The van der Waals surface area contributed by atoms with E-state index in [1.54, 1.807) is 7.11 Å². The lowest BCUT2D eigenvalue weighted by molar-refractivity contribution is 0.0710. The van der Waals surface area contributed by atoms with Crippen LogP contribution in [0.5, 0.6) is 0 Å². The lowest BCUT2D eigenvalue weighted by Gasteiger charge is -2.42. The van der Waals surface area contributed by atoms with Crippen LogP contribution in [0.2, 0.25) is 0 Å². The van der Waals surface area contributed by atoms with Gasteiger partial charge < -0.3 is 15.4 Å². The van der Waals surface area contributed by atoms with Gasteiger partial charge in [0.15, 0.2) is 0 Å². The molecule has 108 valence electrons. The van der Waals surface area contributed by atoms with Crippen LogP contribution < -0.4 is 10.6 Å². The van der Waals surface area contributed by atoms with Crippen LogP contribution in [-0.4, -0.2) is 32.3 Å². The zero-order valence-electron chi connectivity index (χ0n) is 11.9. The highest BCUT2D eigenvalue weighted by Crippen LogP contribution is 2.43. The number of urea groups is 1. The first-order chi connectivity index (χ1) is 9.24. The molecule has 0 aromatic rings. The maximum absolute atomic E-state index is 11.9. The summed E-state index contributed by atoms with van der Waals surface area (Å²) in [5, 5.41) is 6.12. The monoisotopic (exact) mass is 266 g/mol. The Hall–Kier alpha value is -1.03. The number of nitrogens with one attached hydrogen (secondary N) is 2. The molecule has 2 aliphatic carbocycles. The van der Waals surface area contributed by atoms with Crippen LogP contribution in [-0.2, 0) is 4.74 Å². The maximum Gasteiger partial charge on any atom is 0.315 e. The molecule has 0 aromatic heterocycles. The van der Waals surface area contributed by atoms with Crippen LogP contribution in [0, 0.1) is 5.41 Å². The molecular formula is C15H26N2O2. The van der Waals surface area contributed by atoms with Gasteiger partial charge in [0, 0.05) is 26.3 Å². The maximum atomic E-state index is 11.9. The molecule has 0 aliphatic heterocycles. The van der Waals surface area contributed by atoms with Gasteiger partial charge in [0.2, 0.25) is 0 Å². The van der Waals surface area contributed by atoms with Crippen molar-refractivity contribution in [2.24, 2.45) is 5.41 Å². The van der Waals surface area contributed by atoms with Crippen LogP contribution >= 0.6 is 0 Å². The second kappa shape index (κ2) is 6.94. The lowest BCUT2D eigenvalue weighted by atomic mass is 9.67. The standard InChI is InChI=1S/C15H26N2O2/c1-19-11-10-15(8-5-9-15)12-16-14(18)17-13-6-3-2-4-7-13/h2-3,13H,4-12H2,1H3,(H2,16,17,18)/t13-/m1/s1. The molecule has 2 N–H and O–H groups in total. The first kappa shape index (κ1) is 14.4. The molecule has 0 spiro atoms. The predicted molar refractivity (Wildman–Crippen MR) is 76.1 cm³/mol. The van der Waals surface area contributed by atoms with E-state index in [1.165, 1.54) is 19.3 Å². The van der Waals surface area contributed by atoms with Crippen LogP contribution in [0.3, 0.4) is 0 Å². The molecule has 1 atom stereocenters. The Labute approximate surface area is 116 Å². The fourth-order valence-corrected chi connectivity index (χ4v) is 2.94. The van der Waals surface area contributed by atoms with E-state index in [0.29, 0.717) is 11.5 Å². The minimum atomic E-state index is -0.0102. The van der Waals surface area contributed by atoms with Crippen molar-refractivity contribution in [3.8, 4) is 0 Å². The highest BCUT2D eigenvalue weighted by atomic mass is 16.5. The van der Waals surface area contributed by atoms with E-state index < -0.39 is 0 Å². The van der Waals surface area contributed by atoms with Crippen molar-refractivity contribution < 1.29 is 9.53 Å². The number of carbonyl (C=O) groups is 1. The largest absolute Gasteiger partial charge is 0.385 e. The molecule has 0 saturated heterocycles. The highest BCUT2D eigenvalue weighted by molar-refractivity contribution is 5.74. The molecule has 0 aromatic carbocycles. The fourth-order valence-electron chi connectivity index (χ4n) is 2.94. The number of rotatable bonds is 6. The van der Waals surface area contributed by atoms with Crippen molar-refractivity contribution >= 4 is 6.03 Å². The second-order valence-electron chi connectivity index (χ2n) is 5.90. The normalized spacial score (nSPS) is 24.6. The number of hydrogen-bond acceptors (Lipinski definition) is 2. The first-order valence-electron chi connectivity index (χ1n) is 7.42. The second-order valence-corrected chi connectivity index (χ2v) is 5.90. The molecule has 2 rings (SSSR count). The summed E-state index contributed by atoms with van der Waals surface area (Å²) in [7, 11) is 1.74. The molecule has 4 nitrogen and oxygen atoms in total. The molecule has 19 heavy (non-hydrogen) atoms. The summed E-state index contributed by atoms with van der Waals surface area (Å²) < 4.78 is 5.17. The molecular weight excluding hydrogens is 240 g/mol. The van der Waals surface area contributed by atoms with Crippen molar-refractivity contribution in [1.82, 2.24) is 10.6 Å². The topological polar surface area (TPSA) is 50.4 Å². The number of methoxy groups -OCH3 is 1. The van der Waals surface area contributed by atoms with Crippen molar-refractivity contribution in [1.29, 1.82) is 0 Å². The Bertz CT molecular complexity index is 324. The van der Waals surface area contributed by atoms with Crippen LogP contribution in [0.1, 0.15) is 44.9 Å². The summed E-state index contributed by atoms with van der Waals surface area (Å²) in [6, 6.07) is 0.297. The van der Waals surface area contributed by atoms with Gasteiger partial charge in [-0.05, 0) is 43.9 Å². The number of ether oxygens (including phenoxy) is 1. The summed E-state index contributed by atoms with van der Waals surface area (Å²) in [6.45, 7) is 1.57. The summed E-state index contributed by atoms with van der Waals surface area (Å²) in [5.41, 5.74) is 0.291. The molecule has 1 fully saturated rings. The lowest BCUT2D eigenvalue weighted by Crippen LogP contribution is -2.48. The van der Waals surface area contributed by atoms with Gasteiger partial charge in [-0.15, -0.1) is 0 Å². The Kier molecular flexibility index (Phi) is 5.25. The van der Waals surface area contributed by atoms with Gasteiger partial charge in [-0.2, -0.15) is 0 Å². The van der Waals surface area contributed by atoms with E-state index >= 15 is 0 Å². The van der Waals surface area contributed by atoms with E-state index in [0.717, 1.165) is 38.8 Å². The summed E-state index contributed by atoms with van der Waals surface area (Å²) >= 11 is 0. The third kappa shape index (κ3) is 4.23. The van der Waals surface area contributed by atoms with E-state index in [9.17, 15) is 4.79 Å². The number of amides is 2. The van der Waals surface area contributed by atoms with Gasteiger partial charge in [0.1, 0.15) is 0 Å². The first-order valence-corrected chi connectivity index (χ1v) is 7.42. The SMILES string of the molecule is COCCC1(CNC(=O)N[C@@H]2CC=CCC2)CCC1. The minimum Gasteiger partial charge on any atom is -0.385 e. The van der Waals surface area contributed by atoms with E-state index in [-0.39, 0.29) is 6.03 Å². The van der Waals surface area contributed by atoms with Gasteiger partial charge in [-0.1, -0.05) is 18.6 Å². The highest BCUT2D eigenvalue weighted by Gasteiger charge is 2.36. The Morgan fingerprint density at radius 2 is 2.26 bits per heavy atom. The van der Waals surface area contributed by atoms with E-state index in [1.807, 2.05) is 0 Å². The van der Waals surface area contributed by atoms with E-state index in [2.05, 4.69) is 22.8 Å². The van der Waals surface area contributed by atoms with Crippen molar-refractivity contribution in [2.45, 2.75) is 51.0 Å². The molecule has 2 aliphatic rings. The van der Waals surface area contributed by atoms with Gasteiger partial charge in [-0.3, -0.25) is 0 Å². The fraction of sp³-hybridized carbons (Fsp3) is 0.800. The molecule has 0 radical (unpaired) electrons. The molecule has 0 bridgehead atoms. The average Bonchev–Trinajstić information content (AvgIpc) is 2.38. The summed E-state index contributed by atoms with van der Waals surface area (Å²) in [4.78, 5) is 11.9. The summed E-state index contributed by atoms with van der Waals surface area (Å²) in [5.74, 6) is 0. The molecule has 4 heteroatoms. The summed E-state index contributed by atoms with van der Waals surface area (Å²) in [6.07, 6.45) is 12.2.